The topological polar surface area (TPSA) is 34.1 Å². The van der Waals surface area contributed by atoms with Gasteiger partial charge < -0.3 is 0 Å². The molecule has 0 radical (unpaired) electrons. The van der Waals surface area contributed by atoms with Gasteiger partial charge in [0.05, 0.1) is 0 Å². The van der Waals surface area contributed by atoms with E-state index in [4.69, 9.17) is 8.56 Å². The number of nitrogens with zero attached hydrogens (tertiary/aromatic N) is 2. The molecule has 4 nitrogen and oxygen atoms in total. The average molecular weight is 276 g/mol. The van der Waals surface area contributed by atoms with Crippen LogP contribution in [0.1, 0.15) is 26.7 Å². The fraction of sp³-hybridized carbons (Fsp3) is 0.900. The molecule has 0 spiro atoms. The van der Waals surface area contributed by atoms with Crippen LogP contribution in [-0.4, -0.2) is 51.1 Å². The molecule has 1 saturated heterocycles. The Balaban J connectivity index is 2.33. The van der Waals surface area contributed by atoms with Gasteiger partial charge in [0.15, 0.2) is 0 Å². The van der Waals surface area contributed by atoms with Gasteiger partial charge in [-0.05, 0) is 0 Å². The zero-order chi connectivity index (χ0) is 11.1. The fourth-order valence-electron chi connectivity index (χ4n) is 1.38. The molecule has 0 N–H and O–H groups in total. The van der Waals surface area contributed by atoms with E-state index >= 15 is 0 Å². The number of hydrogen-bond acceptors (Lipinski definition) is 4. The van der Waals surface area contributed by atoms with Crippen molar-refractivity contribution in [3.63, 3.8) is 0 Å². The van der Waals surface area contributed by atoms with Gasteiger partial charge in [-0.1, -0.05) is 0 Å². The fourth-order valence-corrected chi connectivity index (χ4v) is 3.61. The summed E-state index contributed by atoms with van der Waals surface area (Å²) >= 11 is -1.37. The van der Waals surface area contributed by atoms with Crippen molar-refractivity contribution in [3.05, 3.63) is 0 Å². The summed E-state index contributed by atoms with van der Waals surface area (Å²) in [6.07, 6.45) is 1.98. The van der Waals surface area contributed by atoms with Crippen molar-refractivity contribution in [2.75, 3.05) is 26.3 Å². The van der Waals surface area contributed by atoms with Crippen molar-refractivity contribution in [1.82, 2.24) is 3.82 Å². The van der Waals surface area contributed by atoms with Gasteiger partial charge in [-0.15, -0.1) is 0 Å². The summed E-state index contributed by atoms with van der Waals surface area (Å²) in [6.45, 7) is 7.90. The van der Waals surface area contributed by atoms with E-state index in [0.29, 0.717) is 0 Å². The van der Waals surface area contributed by atoms with Gasteiger partial charge in [0.1, 0.15) is 0 Å². The van der Waals surface area contributed by atoms with Crippen LogP contribution in [0, 0.1) is 0 Å². The number of ether oxygens (including phenoxy) is 1. The monoisotopic (exact) mass is 276 g/mol. The molecule has 1 aliphatic rings. The second-order valence-corrected chi connectivity index (χ2v) is 6.95. The van der Waals surface area contributed by atoms with Gasteiger partial charge >= 0.3 is 97.2 Å². The van der Waals surface area contributed by atoms with Crippen molar-refractivity contribution < 1.29 is 8.56 Å². The zero-order valence-electron chi connectivity index (χ0n) is 9.90. The summed E-state index contributed by atoms with van der Waals surface area (Å²) in [4.78, 5) is 0. The third kappa shape index (κ3) is 4.54. The molecule has 88 valence electrons. The van der Waals surface area contributed by atoms with Crippen LogP contribution in [0.25, 0.3) is 0 Å². The van der Waals surface area contributed by atoms with Gasteiger partial charge in [0.2, 0.25) is 0 Å². The minimum atomic E-state index is -1.37. The molecule has 1 heterocycles. The van der Waals surface area contributed by atoms with E-state index in [9.17, 15) is 0 Å². The number of hydrogen-bond donors (Lipinski definition) is 0. The van der Waals surface area contributed by atoms with Crippen LogP contribution in [0.4, 0.5) is 0 Å². The van der Waals surface area contributed by atoms with E-state index in [2.05, 4.69) is 28.5 Å². The number of rotatable bonds is 5. The van der Waals surface area contributed by atoms with Gasteiger partial charge in [-0.3, -0.25) is 0 Å². The normalized spacial score (nSPS) is 19.7. The molecule has 1 fully saturated rings. The quantitative estimate of drug-likeness (QED) is 0.435. The standard InChI is InChI=1S/C10H21AsN2O2/c1-4-10(5-2)12-15-11(3)13-6-8-14-9-7-13/h4-9H2,1-3H3. The van der Waals surface area contributed by atoms with Crippen LogP contribution in [-0.2, 0) is 8.56 Å². The van der Waals surface area contributed by atoms with Crippen LogP contribution in [0.5, 0.6) is 0 Å². The Labute approximate surface area is 97.4 Å². The Morgan fingerprint density at radius 1 is 1.33 bits per heavy atom. The second-order valence-electron chi connectivity index (χ2n) is 3.48. The van der Waals surface area contributed by atoms with Crippen LogP contribution < -0.4 is 0 Å². The average Bonchev–Trinajstić information content (AvgIpc) is 2.31. The molecule has 0 bridgehead atoms. The van der Waals surface area contributed by atoms with E-state index in [1.165, 1.54) is 0 Å². The van der Waals surface area contributed by atoms with Crippen molar-refractivity contribution in [2.45, 2.75) is 32.4 Å². The van der Waals surface area contributed by atoms with E-state index in [0.717, 1.165) is 44.9 Å². The SMILES string of the molecule is CCC(CC)=NO[As](C)N1CCOCC1. The summed E-state index contributed by atoms with van der Waals surface area (Å²) in [7, 11) is 0. The molecular weight excluding hydrogens is 255 g/mol. The first-order valence-corrected chi connectivity index (χ1v) is 9.05. The van der Waals surface area contributed by atoms with E-state index in [1.54, 1.807) is 0 Å². The Morgan fingerprint density at radius 2 is 1.93 bits per heavy atom. The molecule has 0 amide bonds. The van der Waals surface area contributed by atoms with Crippen LogP contribution in [0.15, 0.2) is 5.16 Å². The molecule has 1 aliphatic heterocycles. The van der Waals surface area contributed by atoms with E-state index in [-0.39, 0.29) is 0 Å². The van der Waals surface area contributed by atoms with Crippen molar-refractivity contribution in [1.29, 1.82) is 0 Å². The van der Waals surface area contributed by atoms with Crippen molar-refractivity contribution in [3.8, 4) is 0 Å². The summed E-state index contributed by atoms with van der Waals surface area (Å²) in [5, 5.41) is 4.23. The summed E-state index contributed by atoms with van der Waals surface area (Å²) < 4.78 is 13.3. The van der Waals surface area contributed by atoms with Gasteiger partial charge in [0.25, 0.3) is 0 Å². The summed E-state index contributed by atoms with van der Waals surface area (Å²) in [5.41, 5.74) is 3.34. The Bertz CT molecular complexity index is 200. The zero-order valence-corrected chi connectivity index (χ0v) is 11.8. The first-order valence-electron chi connectivity index (χ1n) is 5.57. The molecule has 0 aromatic carbocycles. The predicted molar refractivity (Wildman–Crippen MR) is 63.1 cm³/mol. The maximum atomic E-state index is 5.63. The molecule has 0 saturated carbocycles. The molecule has 0 aromatic heterocycles. The first-order chi connectivity index (χ1) is 7.27. The van der Waals surface area contributed by atoms with E-state index < -0.39 is 15.2 Å². The molecule has 0 aliphatic carbocycles. The molecular formula is C10H21AsN2O2. The van der Waals surface area contributed by atoms with Gasteiger partial charge in [-0.2, -0.15) is 0 Å². The van der Waals surface area contributed by atoms with Gasteiger partial charge in [-0.25, -0.2) is 0 Å². The maximum absolute atomic E-state index is 5.63. The summed E-state index contributed by atoms with van der Waals surface area (Å²) in [6, 6.07) is 0. The predicted octanol–water partition coefficient (Wildman–Crippen LogP) is 1.63. The Kier molecular flexibility index (Phi) is 6.30. The molecule has 0 aromatic rings. The minimum absolute atomic E-state index is 0.834. The first kappa shape index (κ1) is 13.0. The van der Waals surface area contributed by atoms with Crippen LogP contribution >= 0.6 is 0 Å². The molecule has 1 unspecified atom stereocenters. The number of oxime groups is 1. The van der Waals surface area contributed by atoms with Crippen LogP contribution in [0.3, 0.4) is 0 Å². The van der Waals surface area contributed by atoms with Crippen molar-refractivity contribution in [2.24, 2.45) is 5.16 Å². The Hall–Kier alpha value is -0.0516. The second kappa shape index (κ2) is 7.26. The molecule has 1 rings (SSSR count). The molecule has 5 heteroatoms. The van der Waals surface area contributed by atoms with Crippen molar-refractivity contribution >= 4 is 20.9 Å². The molecule has 1 atom stereocenters. The van der Waals surface area contributed by atoms with E-state index in [1.807, 2.05) is 0 Å². The third-order valence-corrected chi connectivity index (χ3v) is 5.67. The number of morpholine rings is 1. The summed E-state index contributed by atoms with van der Waals surface area (Å²) in [5.74, 6) is 0. The third-order valence-electron chi connectivity index (χ3n) is 2.49. The van der Waals surface area contributed by atoms with Crippen LogP contribution in [0.2, 0.25) is 5.71 Å². The Morgan fingerprint density at radius 3 is 2.47 bits per heavy atom. The molecule has 15 heavy (non-hydrogen) atoms. The van der Waals surface area contributed by atoms with Gasteiger partial charge in [0, 0.05) is 0 Å².